The van der Waals surface area contributed by atoms with Gasteiger partial charge in [-0.25, -0.2) is 9.13 Å². The van der Waals surface area contributed by atoms with Gasteiger partial charge in [0.15, 0.2) is 12.2 Å². The van der Waals surface area contributed by atoms with Crippen LogP contribution in [0.1, 0.15) is 357 Å². The number of rotatable bonds is 69. The van der Waals surface area contributed by atoms with E-state index in [0.29, 0.717) is 25.7 Å². The maximum atomic E-state index is 13.0. The molecular weight excluding hydrogens is 1200 g/mol. The van der Waals surface area contributed by atoms with Gasteiger partial charge < -0.3 is 33.8 Å². The lowest BCUT2D eigenvalue weighted by molar-refractivity contribution is -0.161. The predicted molar refractivity (Wildman–Crippen MR) is 367 cm³/mol. The predicted octanol–water partition coefficient (Wildman–Crippen LogP) is 20.5. The minimum Gasteiger partial charge on any atom is -0.462 e. The average molecular weight is 1340 g/mol. The van der Waals surface area contributed by atoms with E-state index >= 15 is 0 Å². The zero-order valence-electron chi connectivity index (χ0n) is 59.5. The van der Waals surface area contributed by atoms with Gasteiger partial charge in [0.2, 0.25) is 0 Å². The first-order valence-corrected chi connectivity index (χ1v) is 40.3. The Morgan fingerprint density at radius 3 is 0.780 bits per heavy atom. The van der Waals surface area contributed by atoms with E-state index in [2.05, 4.69) is 55.4 Å². The van der Waals surface area contributed by atoms with Gasteiger partial charge in [-0.05, 0) is 49.4 Å². The second kappa shape index (κ2) is 61.6. The first-order valence-electron chi connectivity index (χ1n) is 37.3. The highest BCUT2D eigenvalue weighted by atomic mass is 31.2. The summed E-state index contributed by atoms with van der Waals surface area (Å²) < 4.78 is 68.3. The SMILES string of the molecule is CCC(C)CCCCCCCCCCC(=O)O[C@H](COC(=O)CCCCCCCCCCC(C)C)COP(=O)(O)OC[C@@H](O)COP(=O)(O)OC[C@@H](COC(=O)CCCCCCCCC(C)CC)OC(=O)CCCCCCCCCCCCCCCCCC(C)C. The number of aliphatic hydroxyl groups is 1. The Kier molecular flexibility index (Phi) is 60.3. The highest BCUT2D eigenvalue weighted by Crippen LogP contribution is 2.45. The summed E-state index contributed by atoms with van der Waals surface area (Å²) in [7, 11) is -9.91. The van der Waals surface area contributed by atoms with E-state index in [-0.39, 0.29) is 25.7 Å². The number of ether oxygens (including phenoxy) is 4. The van der Waals surface area contributed by atoms with Crippen molar-refractivity contribution in [3.8, 4) is 0 Å². The number of hydrogen-bond donors (Lipinski definition) is 3. The highest BCUT2D eigenvalue weighted by molar-refractivity contribution is 7.47. The Balaban J connectivity index is 5.23. The van der Waals surface area contributed by atoms with Gasteiger partial charge in [0.25, 0.3) is 0 Å². The van der Waals surface area contributed by atoms with Crippen LogP contribution < -0.4 is 0 Å². The van der Waals surface area contributed by atoms with Gasteiger partial charge in [-0.15, -0.1) is 0 Å². The van der Waals surface area contributed by atoms with Crippen molar-refractivity contribution in [3.63, 3.8) is 0 Å². The molecule has 0 spiro atoms. The molecule has 0 radical (unpaired) electrons. The molecule has 0 saturated heterocycles. The summed E-state index contributed by atoms with van der Waals surface area (Å²) in [6, 6.07) is 0. The molecule has 540 valence electrons. The van der Waals surface area contributed by atoms with Crippen molar-refractivity contribution >= 4 is 39.5 Å². The molecule has 0 aromatic rings. The van der Waals surface area contributed by atoms with Crippen LogP contribution in [0.2, 0.25) is 0 Å². The van der Waals surface area contributed by atoms with Gasteiger partial charge in [-0.2, -0.15) is 0 Å². The number of hydrogen-bond acceptors (Lipinski definition) is 15. The monoisotopic (exact) mass is 1340 g/mol. The van der Waals surface area contributed by atoms with E-state index in [1.54, 1.807) is 0 Å². The number of carbonyl (C=O) groups excluding carboxylic acids is 4. The molecule has 17 nitrogen and oxygen atoms in total. The fraction of sp³-hybridized carbons (Fsp3) is 0.944. The summed E-state index contributed by atoms with van der Waals surface area (Å²) in [4.78, 5) is 72.6. The third kappa shape index (κ3) is 63.9. The van der Waals surface area contributed by atoms with Gasteiger partial charge in [-0.3, -0.25) is 37.3 Å². The first-order chi connectivity index (χ1) is 43.7. The number of carbonyl (C=O) groups is 4. The van der Waals surface area contributed by atoms with Crippen LogP contribution in [0.5, 0.6) is 0 Å². The van der Waals surface area contributed by atoms with Crippen LogP contribution >= 0.6 is 15.6 Å². The van der Waals surface area contributed by atoms with E-state index in [0.717, 1.165) is 120 Å². The molecule has 0 amide bonds. The summed E-state index contributed by atoms with van der Waals surface area (Å²) in [5.41, 5.74) is 0. The molecular formula is C72H140O17P2. The zero-order chi connectivity index (χ0) is 67.5. The maximum absolute atomic E-state index is 13.0. The topological polar surface area (TPSA) is 237 Å². The molecule has 0 rings (SSSR count). The van der Waals surface area contributed by atoms with Crippen molar-refractivity contribution in [1.82, 2.24) is 0 Å². The average Bonchev–Trinajstić information content (AvgIpc) is 2.76. The smallest absolute Gasteiger partial charge is 0.462 e. The molecule has 7 atom stereocenters. The number of phosphoric ester groups is 2. The van der Waals surface area contributed by atoms with Crippen molar-refractivity contribution in [2.75, 3.05) is 39.6 Å². The molecule has 19 heteroatoms. The maximum Gasteiger partial charge on any atom is 0.472 e. The molecule has 0 aromatic heterocycles. The van der Waals surface area contributed by atoms with Gasteiger partial charge in [0, 0.05) is 25.7 Å². The molecule has 0 saturated carbocycles. The van der Waals surface area contributed by atoms with E-state index in [9.17, 15) is 43.2 Å². The number of esters is 4. The van der Waals surface area contributed by atoms with Gasteiger partial charge >= 0.3 is 39.5 Å². The van der Waals surface area contributed by atoms with Crippen LogP contribution in [-0.4, -0.2) is 96.7 Å². The van der Waals surface area contributed by atoms with Crippen LogP contribution in [0.15, 0.2) is 0 Å². The molecule has 91 heavy (non-hydrogen) atoms. The van der Waals surface area contributed by atoms with Crippen molar-refractivity contribution in [2.24, 2.45) is 23.7 Å². The van der Waals surface area contributed by atoms with Crippen LogP contribution in [-0.2, 0) is 65.4 Å². The largest absolute Gasteiger partial charge is 0.472 e. The second-order valence-electron chi connectivity index (χ2n) is 27.4. The summed E-state index contributed by atoms with van der Waals surface area (Å²) in [5, 5.41) is 10.6. The third-order valence-electron chi connectivity index (χ3n) is 17.3. The number of phosphoric acid groups is 2. The number of unbranched alkanes of at least 4 members (excludes halogenated alkanes) is 33. The zero-order valence-corrected chi connectivity index (χ0v) is 61.3. The lowest BCUT2D eigenvalue weighted by atomic mass is 9.99. The van der Waals surface area contributed by atoms with E-state index < -0.39 is 97.5 Å². The lowest BCUT2D eigenvalue weighted by Crippen LogP contribution is -2.30. The molecule has 0 aliphatic carbocycles. The Labute approximate surface area is 556 Å². The Bertz CT molecular complexity index is 1800. The van der Waals surface area contributed by atoms with E-state index in [1.807, 2.05) is 0 Å². The Morgan fingerprint density at radius 2 is 0.527 bits per heavy atom. The molecule has 0 heterocycles. The molecule has 0 fully saturated rings. The summed E-state index contributed by atoms with van der Waals surface area (Å²) in [6.45, 7) is 14.1. The molecule has 0 bridgehead atoms. The third-order valence-corrected chi connectivity index (χ3v) is 19.2. The molecule has 0 aliphatic heterocycles. The van der Waals surface area contributed by atoms with Crippen LogP contribution in [0, 0.1) is 23.7 Å². The summed E-state index contributed by atoms with van der Waals surface area (Å²) in [5.74, 6) is 0.900. The molecule has 3 N–H and O–H groups in total. The van der Waals surface area contributed by atoms with Gasteiger partial charge in [0.1, 0.15) is 19.3 Å². The second-order valence-corrected chi connectivity index (χ2v) is 30.3. The minimum absolute atomic E-state index is 0.104. The summed E-state index contributed by atoms with van der Waals surface area (Å²) >= 11 is 0. The van der Waals surface area contributed by atoms with Gasteiger partial charge in [-0.1, -0.05) is 306 Å². The van der Waals surface area contributed by atoms with Crippen LogP contribution in [0.25, 0.3) is 0 Å². The quantitative estimate of drug-likeness (QED) is 0.0222. The molecule has 0 aliphatic rings. The van der Waals surface area contributed by atoms with Crippen LogP contribution in [0.4, 0.5) is 0 Å². The van der Waals surface area contributed by atoms with E-state index in [1.165, 1.54) is 154 Å². The van der Waals surface area contributed by atoms with Crippen molar-refractivity contribution in [1.29, 1.82) is 0 Å². The fourth-order valence-electron chi connectivity index (χ4n) is 10.8. The first kappa shape index (κ1) is 89.1. The molecule has 4 unspecified atom stereocenters. The lowest BCUT2D eigenvalue weighted by Gasteiger charge is -2.21. The van der Waals surface area contributed by atoms with Crippen LogP contribution in [0.3, 0.4) is 0 Å². The van der Waals surface area contributed by atoms with Crippen molar-refractivity contribution in [3.05, 3.63) is 0 Å². The number of aliphatic hydroxyl groups excluding tert-OH is 1. The van der Waals surface area contributed by atoms with Crippen molar-refractivity contribution in [2.45, 2.75) is 375 Å². The normalized spacial score (nSPS) is 14.8. The Morgan fingerprint density at radius 1 is 0.308 bits per heavy atom. The van der Waals surface area contributed by atoms with E-state index in [4.69, 9.17) is 37.0 Å². The molecule has 0 aromatic carbocycles. The summed E-state index contributed by atoms with van der Waals surface area (Å²) in [6.07, 6.45) is 44.5. The fourth-order valence-corrected chi connectivity index (χ4v) is 12.4. The minimum atomic E-state index is -4.95. The standard InChI is InChI=1S/C72H140O17P2/c1-9-64(7)50-42-34-26-21-23-29-39-47-55-72(77)89-67(58-82-69(74)52-44-36-27-22-20-25-33-41-49-63(5)6)60-86-90(78,79)84-56-66(73)57-85-91(80,81)87-61-68(59-83-70(75)53-45-37-31-30-35-43-51-65(8)10-2)88-71(76)54-46-38-28-19-17-15-13-11-12-14-16-18-24-32-40-48-62(3)4/h62-68,73H,9-61H2,1-8H3,(H,78,79)(H,80,81)/t64?,65?,66-,67-,68-/m1/s1. The van der Waals surface area contributed by atoms with Crippen molar-refractivity contribution < 1.29 is 80.2 Å². The highest BCUT2D eigenvalue weighted by Gasteiger charge is 2.30. The van der Waals surface area contributed by atoms with Gasteiger partial charge in [0.05, 0.1) is 26.4 Å². The Hall–Kier alpha value is -1.94.